The van der Waals surface area contributed by atoms with Gasteiger partial charge in [0.05, 0.1) is 5.54 Å². The molecule has 1 amide bonds. The van der Waals surface area contributed by atoms with E-state index in [1.165, 1.54) is 10.9 Å². The molecule has 1 fully saturated rings. The molecule has 18 heavy (non-hydrogen) atoms. The van der Waals surface area contributed by atoms with Gasteiger partial charge in [0.2, 0.25) is 5.91 Å². The van der Waals surface area contributed by atoms with Gasteiger partial charge in [-0.2, -0.15) is 0 Å². The minimum Gasteiger partial charge on any atom is -0.350 e. The number of carbonyl (C=O) groups excluding carboxylic acids is 1. The lowest BCUT2D eigenvalue weighted by molar-refractivity contribution is -0.123. The molecule has 2 aromatic rings. The molecular weight excluding hydrogens is 226 g/mol. The molecule has 4 nitrogen and oxygen atoms in total. The zero-order valence-electron chi connectivity index (χ0n) is 10.4. The van der Waals surface area contributed by atoms with Crippen molar-refractivity contribution in [1.29, 1.82) is 0 Å². The number of aryl methyl sites for hydroxylation is 1. The number of nitrogens with one attached hydrogen (secondary N) is 1. The van der Waals surface area contributed by atoms with E-state index >= 15 is 0 Å². The molecule has 1 aromatic heterocycles. The first-order chi connectivity index (χ1) is 8.60. The minimum atomic E-state index is -0.593. The van der Waals surface area contributed by atoms with E-state index in [9.17, 15) is 4.79 Å². The number of para-hydroxylation sites is 1. The Morgan fingerprint density at radius 3 is 2.89 bits per heavy atom. The lowest BCUT2D eigenvalue weighted by atomic mass is 10.1. The highest BCUT2D eigenvalue weighted by Crippen LogP contribution is 2.32. The third-order valence-electron chi connectivity index (χ3n) is 3.66. The number of carbonyl (C=O) groups is 1. The van der Waals surface area contributed by atoms with Gasteiger partial charge < -0.3 is 15.6 Å². The van der Waals surface area contributed by atoms with Gasteiger partial charge in [0.25, 0.3) is 0 Å². The van der Waals surface area contributed by atoms with Crippen LogP contribution in [0.15, 0.2) is 30.5 Å². The van der Waals surface area contributed by atoms with E-state index in [0.717, 1.165) is 18.4 Å². The average Bonchev–Trinajstić information content (AvgIpc) is 3.05. The Bertz CT molecular complexity index is 611. The molecule has 1 aliphatic rings. The number of benzene rings is 1. The van der Waals surface area contributed by atoms with Crippen molar-refractivity contribution in [2.24, 2.45) is 12.8 Å². The minimum absolute atomic E-state index is 0.0320. The van der Waals surface area contributed by atoms with Crippen molar-refractivity contribution < 1.29 is 4.79 Å². The second kappa shape index (κ2) is 3.85. The predicted molar refractivity (Wildman–Crippen MR) is 70.9 cm³/mol. The first-order valence-corrected chi connectivity index (χ1v) is 6.20. The van der Waals surface area contributed by atoms with Crippen LogP contribution in [0.2, 0.25) is 0 Å². The van der Waals surface area contributed by atoms with E-state index in [-0.39, 0.29) is 5.91 Å². The predicted octanol–water partition coefficient (Wildman–Crippen LogP) is 1.29. The van der Waals surface area contributed by atoms with Crippen LogP contribution in [0.4, 0.5) is 0 Å². The summed E-state index contributed by atoms with van der Waals surface area (Å²) >= 11 is 0. The summed E-state index contributed by atoms with van der Waals surface area (Å²) < 4.78 is 2.08. The van der Waals surface area contributed by atoms with Crippen molar-refractivity contribution in [2.45, 2.75) is 24.9 Å². The number of amides is 1. The molecule has 0 aliphatic heterocycles. The molecule has 0 saturated heterocycles. The Morgan fingerprint density at radius 1 is 1.44 bits per heavy atom. The van der Waals surface area contributed by atoms with Crippen LogP contribution in [0.25, 0.3) is 10.9 Å². The van der Waals surface area contributed by atoms with E-state index in [1.807, 2.05) is 19.2 Å². The zero-order chi connectivity index (χ0) is 12.8. The smallest absolute Gasteiger partial charge is 0.240 e. The van der Waals surface area contributed by atoms with Crippen LogP contribution in [-0.2, 0) is 18.4 Å². The SMILES string of the molecule is Cn1cc(CNC(=O)C2(N)CC2)c2ccccc21. The zero-order valence-corrected chi connectivity index (χ0v) is 10.4. The summed E-state index contributed by atoms with van der Waals surface area (Å²) in [5.74, 6) is -0.0320. The Labute approximate surface area is 106 Å². The molecule has 0 spiro atoms. The van der Waals surface area contributed by atoms with Gasteiger partial charge in [-0.3, -0.25) is 4.79 Å². The lowest BCUT2D eigenvalue weighted by Crippen LogP contribution is -2.42. The van der Waals surface area contributed by atoms with E-state index in [2.05, 4.69) is 28.2 Å². The quantitative estimate of drug-likeness (QED) is 0.853. The molecule has 0 atom stereocenters. The summed E-state index contributed by atoms with van der Waals surface area (Å²) in [6.07, 6.45) is 3.66. The number of nitrogens with two attached hydrogens (primary N) is 1. The molecule has 1 saturated carbocycles. The number of fused-ring (bicyclic) bond motifs is 1. The number of hydrogen-bond donors (Lipinski definition) is 2. The van der Waals surface area contributed by atoms with Gasteiger partial charge >= 0.3 is 0 Å². The van der Waals surface area contributed by atoms with Crippen LogP contribution in [0.1, 0.15) is 18.4 Å². The summed E-state index contributed by atoms with van der Waals surface area (Å²) in [4.78, 5) is 11.8. The lowest BCUT2D eigenvalue weighted by Gasteiger charge is -2.09. The first-order valence-electron chi connectivity index (χ1n) is 6.20. The number of hydrogen-bond acceptors (Lipinski definition) is 2. The van der Waals surface area contributed by atoms with Gasteiger partial charge in [-0.25, -0.2) is 0 Å². The number of aromatic nitrogens is 1. The molecule has 1 aliphatic carbocycles. The molecule has 3 N–H and O–H groups in total. The Kier molecular flexibility index (Phi) is 2.41. The van der Waals surface area contributed by atoms with Crippen molar-refractivity contribution in [2.75, 3.05) is 0 Å². The third kappa shape index (κ3) is 1.78. The molecule has 1 heterocycles. The molecule has 4 heteroatoms. The topological polar surface area (TPSA) is 60.0 Å². The van der Waals surface area contributed by atoms with Crippen LogP contribution >= 0.6 is 0 Å². The van der Waals surface area contributed by atoms with Crippen molar-refractivity contribution in [3.63, 3.8) is 0 Å². The highest BCUT2D eigenvalue weighted by atomic mass is 16.2. The Morgan fingerprint density at radius 2 is 2.17 bits per heavy atom. The van der Waals surface area contributed by atoms with Crippen LogP contribution in [0.5, 0.6) is 0 Å². The molecule has 3 rings (SSSR count). The fourth-order valence-electron chi connectivity index (χ4n) is 2.28. The molecule has 1 aromatic carbocycles. The monoisotopic (exact) mass is 243 g/mol. The van der Waals surface area contributed by atoms with Gasteiger partial charge in [0, 0.05) is 30.7 Å². The van der Waals surface area contributed by atoms with Crippen LogP contribution < -0.4 is 11.1 Å². The molecular formula is C14H17N3O. The van der Waals surface area contributed by atoms with E-state index in [0.29, 0.717) is 6.54 Å². The van der Waals surface area contributed by atoms with Gasteiger partial charge in [-0.1, -0.05) is 18.2 Å². The van der Waals surface area contributed by atoms with Crippen LogP contribution in [0, 0.1) is 0 Å². The summed E-state index contributed by atoms with van der Waals surface area (Å²) in [5.41, 5.74) is 7.57. The second-order valence-corrected chi connectivity index (χ2v) is 5.12. The highest BCUT2D eigenvalue weighted by Gasteiger charge is 2.45. The maximum absolute atomic E-state index is 11.8. The second-order valence-electron chi connectivity index (χ2n) is 5.12. The van der Waals surface area contributed by atoms with Gasteiger partial charge in [-0.05, 0) is 24.5 Å². The van der Waals surface area contributed by atoms with E-state index < -0.39 is 5.54 Å². The molecule has 94 valence electrons. The van der Waals surface area contributed by atoms with Gasteiger partial charge in [0.1, 0.15) is 0 Å². The summed E-state index contributed by atoms with van der Waals surface area (Å²) in [6.45, 7) is 0.541. The standard InChI is InChI=1S/C14H17N3O/c1-17-9-10(11-4-2-3-5-12(11)17)8-16-13(18)14(15)6-7-14/h2-5,9H,6-8,15H2,1H3,(H,16,18). The third-order valence-corrected chi connectivity index (χ3v) is 3.66. The molecule has 0 bridgehead atoms. The normalized spacial score (nSPS) is 16.8. The van der Waals surface area contributed by atoms with Crippen molar-refractivity contribution >= 4 is 16.8 Å². The van der Waals surface area contributed by atoms with Crippen LogP contribution in [-0.4, -0.2) is 16.0 Å². The number of nitrogens with zero attached hydrogens (tertiary/aromatic N) is 1. The molecule has 0 radical (unpaired) electrons. The Hall–Kier alpha value is -1.81. The van der Waals surface area contributed by atoms with E-state index in [4.69, 9.17) is 5.73 Å². The Balaban J connectivity index is 1.81. The average molecular weight is 243 g/mol. The van der Waals surface area contributed by atoms with Gasteiger partial charge in [0.15, 0.2) is 0 Å². The van der Waals surface area contributed by atoms with Crippen molar-refractivity contribution in [3.05, 3.63) is 36.0 Å². The van der Waals surface area contributed by atoms with Crippen LogP contribution in [0.3, 0.4) is 0 Å². The first kappa shape index (κ1) is 11.3. The van der Waals surface area contributed by atoms with Crippen molar-refractivity contribution in [3.8, 4) is 0 Å². The summed E-state index contributed by atoms with van der Waals surface area (Å²) in [6, 6.07) is 8.18. The summed E-state index contributed by atoms with van der Waals surface area (Å²) in [5, 5.41) is 4.11. The van der Waals surface area contributed by atoms with Crippen molar-refractivity contribution in [1.82, 2.24) is 9.88 Å². The van der Waals surface area contributed by atoms with E-state index in [1.54, 1.807) is 0 Å². The fourth-order valence-corrected chi connectivity index (χ4v) is 2.28. The number of rotatable bonds is 3. The summed E-state index contributed by atoms with van der Waals surface area (Å²) in [7, 11) is 2.01. The maximum atomic E-state index is 11.8. The fraction of sp³-hybridized carbons (Fsp3) is 0.357. The largest absolute Gasteiger partial charge is 0.350 e. The maximum Gasteiger partial charge on any atom is 0.240 e. The van der Waals surface area contributed by atoms with Gasteiger partial charge in [-0.15, -0.1) is 0 Å². The highest BCUT2D eigenvalue weighted by molar-refractivity contribution is 5.90. The molecule has 0 unspecified atom stereocenters.